The summed E-state index contributed by atoms with van der Waals surface area (Å²) in [6, 6.07) is 15.0. The van der Waals surface area contributed by atoms with Crippen LogP contribution in [0.15, 0.2) is 70.1 Å². The Morgan fingerprint density at radius 1 is 1.02 bits per heavy atom. The Bertz CT molecular complexity index is 1680. The third-order valence-electron chi connectivity index (χ3n) is 5.72. The predicted molar refractivity (Wildman–Crippen MR) is 142 cm³/mol. The first-order valence-electron chi connectivity index (χ1n) is 11.7. The van der Waals surface area contributed by atoms with Crippen molar-refractivity contribution in [3.8, 4) is 23.0 Å². The summed E-state index contributed by atoms with van der Waals surface area (Å²) < 4.78 is 83.8. The Kier molecular flexibility index (Phi) is 8.85. The number of carbonyl (C=O) groups is 1. The van der Waals surface area contributed by atoms with Gasteiger partial charge in [0.05, 0.1) is 31.1 Å². The lowest BCUT2D eigenvalue weighted by atomic mass is 10.1. The lowest BCUT2D eigenvalue weighted by molar-refractivity contribution is -0.146. The fourth-order valence-corrected chi connectivity index (χ4v) is 5.15. The van der Waals surface area contributed by atoms with Crippen molar-refractivity contribution < 1.29 is 40.4 Å². The Morgan fingerprint density at radius 3 is 2.44 bits per heavy atom. The molecule has 1 heterocycles. The molecule has 0 aliphatic carbocycles. The summed E-state index contributed by atoms with van der Waals surface area (Å²) >= 11 is 6.12. The summed E-state index contributed by atoms with van der Waals surface area (Å²) in [5.41, 5.74) is 0.714. The van der Waals surface area contributed by atoms with Gasteiger partial charge in [0.15, 0.2) is 0 Å². The highest BCUT2D eigenvalue weighted by atomic mass is 35.5. The molecule has 4 aromatic rings. The average molecular weight is 611 g/mol. The van der Waals surface area contributed by atoms with Gasteiger partial charge < -0.3 is 19.3 Å². The zero-order valence-electron chi connectivity index (χ0n) is 21.5. The smallest absolute Gasteiger partial charge is 0.455 e. The van der Waals surface area contributed by atoms with Gasteiger partial charge in [0.2, 0.25) is 15.9 Å². The minimum atomic E-state index is -4.92. The number of methoxy groups -OCH3 is 2. The molecule has 4 rings (SSSR count). The SMILES string of the molecule is COc1ccc(CNS(=O)(=O)c2cc(NC(=O)Cc3ccccc3Cl)ccc2-c2nc(C(F)(F)F)no2)c(OC)c1. The van der Waals surface area contributed by atoms with Crippen molar-refractivity contribution in [1.29, 1.82) is 0 Å². The van der Waals surface area contributed by atoms with Gasteiger partial charge in [0.25, 0.3) is 11.7 Å². The van der Waals surface area contributed by atoms with E-state index in [1.165, 1.54) is 20.3 Å². The molecule has 0 unspecified atom stereocenters. The molecular weight excluding hydrogens is 589 g/mol. The maximum atomic E-state index is 13.5. The summed E-state index contributed by atoms with van der Waals surface area (Å²) in [6.07, 6.45) is -5.03. The number of aromatic nitrogens is 2. The summed E-state index contributed by atoms with van der Waals surface area (Å²) in [7, 11) is -1.59. The molecule has 1 aromatic heterocycles. The van der Waals surface area contributed by atoms with Crippen molar-refractivity contribution in [3.63, 3.8) is 0 Å². The third kappa shape index (κ3) is 7.14. The number of nitrogens with zero attached hydrogens (tertiary/aromatic N) is 2. The Labute approximate surface area is 237 Å². The number of benzene rings is 3. The van der Waals surface area contributed by atoms with Crippen molar-refractivity contribution in [3.05, 3.63) is 82.6 Å². The largest absolute Gasteiger partial charge is 0.497 e. The Morgan fingerprint density at radius 2 is 1.78 bits per heavy atom. The quantitative estimate of drug-likeness (QED) is 0.254. The van der Waals surface area contributed by atoms with Crippen LogP contribution in [0.2, 0.25) is 5.02 Å². The summed E-state index contributed by atoms with van der Waals surface area (Å²) in [5, 5.41) is 5.85. The predicted octanol–water partition coefficient (Wildman–Crippen LogP) is 5.09. The second kappa shape index (κ2) is 12.2. The number of alkyl halides is 3. The van der Waals surface area contributed by atoms with Crippen LogP contribution in [0, 0.1) is 0 Å². The van der Waals surface area contributed by atoms with E-state index in [2.05, 4.69) is 20.2 Å². The van der Waals surface area contributed by atoms with Gasteiger partial charge in [-0.1, -0.05) is 41.0 Å². The number of rotatable bonds is 10. The van der Waals surface area contributed by atoms with Gasteiger partial charge in [-0.15, -0.1) is 0 Å². The van der Waals surface area contributed by atoms with E-state index in [1.807, 2.05) is 0 Å². The molecule has 0 saturated heterocycles. The highest BCUT2D eigenvalue weighted by Gasteiger charge is 2.38. The van der Waals surface area contributed by atoms with Crippen LogP contribution < -0.4 is 19.5 Å². The lowest BCUT2D eigenvalue weighted by Gasteiger charge is -2.14. The number of ether oxygens (including phenoxy) is 2. The van der Waals surface area contributed by atoms with Gasteiger partial charge in [0.1, 0.15) is 11.5 Å². The molecule has 3 aromatic carbocycles. The van der Waals surface area contributed by atoms with E-state index in [1.54, 1.807) is 42.5 Å². The zero-order valence-corrected chi connectivity index (χ0v) is 23.0. The van der Waals surface area contributed by atoms with Crippen molar-refractivity contribution in [1.82, 2.24) is 14.9 Å². The molecule has 0 saturated carbocycles. The maximum Gasteiger partial charge on any atom is 0.455 e. The second-order valence-electron chi connectivity index (χ2n) is 8.45. The highest BCUT2D eigenvalue weighted by Crippen LogP contribution is 2.33. The fourth-order valence-electron chi connectivity index (χ4n) is 3.72. The first kappa shape index (κ1) is 29.8. The van der Waals surface area contributed by atoms with Crippen LogP contribution >= 0.6 is 11.6 Å². The molecule has 2 N–H and O–H groups in total. The van der Waals surface area contributed by atoms with Gasteiger partial charge in [-0.3, -0.25) is 4.79 Å². The minimum absolute atomic E-state index is 0.0452. The van der Waals surface area contributed by atoms with Crippen molar-refractivity contribution >= 4 is 33.2 Å². The van der Waals surface area contributed by atoms with Crippen LogP contribution in [0.5, 0.6) is 11.5 Å². The highest BCUT2D eigenvalue weighted by molar-refractivity contribution is 7.89. The van der Waals surface area contributed by atoms with Crippen LogP contribution in [0.3, 0.4) is 0 Å². The molecule has 15 heteroatoms. The van der Waals surface area contributed by atoms with Crippen LogP contribution in [-0.2, 0) is 34.0 Å². The number of hydrogen-bond donors (Lipinski definition) is 2. The summed E-state index contributed by atoms with van der Waals surface area (Å²) in [6.45, 7) is -0.254. The van der Waals surface area contributed by atoms with Gasteiger partial charge in [0, 0.05) is 28.9 Å². The fraction of sp³-hybridized carbons (Fsp3) is 0.192. The van der Waals surface area contributed by atoms with Gasteiger partial charge in [-0.2, -0.15) is 18.2 Å². The number of nitrogens with one attached hydrogen (secondary N) is 2. The molecule has 41 heavy (non-hydrogen) atoms. The normalized spacial score (nSPS) is 11.8. The maximum absolute atomic E-state index is 13.5. The van der Waals surface area contributed by atoms with E-state index in [0.29, 0.717) is 27.6 Å². The van der Waals surface area contributed by atoms with Crippen LogP contribution in [0.25, 0.3) is 11.5 Å². The molecule has 216 valence electrons. The first-order chi connectivity index (χ1) is 19.4. The number of halogens is 4. The molecule has 0 spiro atoms. The number of anilines is 1. The van der Waals surface area contributed by atoms with Gasteiger partial charge in [-0.25, -0.2) is 13.1 Å². The monoisotopic (exact) mass is 610 g/mol. The molecule has 0 bridgehead atoms. The van der Waals surface area contributed by atoms with E-state index in [0.717, 1.165) is 12.1 Å². The molecule has 0 aliphatic heterocycles. The van der Waals surface area contributed by atoms with E-state index in [4.69, 9.17) is 25.6 Å². The molecule has 0 radical (unpaired) electrons. The standard InChI is InChI=1S/C26H22ClF3N4O6S/c1-38-18-9-7-16(21(13-18)39-2)14-31-41(36,37)22-12-17(32-23(35)11-15-5-3-4-6-20(15)27)8-10-19(22)24-33-25(34-40-24)26(28,29)30/h3-10,12-13,31H,11,14H2,1-2H3,(H,32,35). The summed E-state index contributed by atoms with van der Waals surface area (Å²) in [5.74, 6) is -1.97. The van der Waals surface area contributed by atoms with Crippen molar-refractivity contribution in [2.45, 2.75) is 24.0 Å². The number of carbonyl (C=O) groups excluding carboxylic acids is 1. The number of amides is 1. The average Bonchev–Trinajstić information content (AvgIpc) is 3.44. The molecular formula is C26H22ClF3N4O6S. The van der Waals surface area contributed by atoms with Crippen LogP contribution in [-0.4, -0.2) is 38.7 Å². The molecule has 10 nitrogen and oxygen atoms in total. The van der Waals surface area contributed by atoms with E-state index >= 15 is 0 Å². The van der Waals surface area contributed by atoms with E-state index < -0.39 is 38.7 Å². The van der Waals surface area contributed by atoms with Crippen LogP contribution in [0.1, 0.15) is 17.0 Å². The number of hydrogen-bond acceptors (Lipinski definition) is 8. The van der Waals surface area contributed by atoms with Crippen molar-refractivity contribution in [2.75, 3.05) is 19.5 Å². The third-order valence-corrected chi connectivity index (χ3v) is 7.53. The van der Waals surface area contributed by atoms with Crippen molar-refractivity contribution in [2.24, 2.45) is 0 Å². The van der Waals surface area contributed by atoms with E-state index in [9.17, 15) is 26.4 Å². The Hall–Kier alpha value is -4.14. The van der Waals surface area contributed by atoms with Gasteiger partial charge >= 0.3 is 6.18 Å². The topological polar surface area (TPSA) is 133 Å². The second-order valence-corrected chi connectivity index (χ2v) is 10.6. The number of sulfonamides is 1. The molecule has 0 atom stereocenters. The molecule has 0 fully saturated rings. The van der Waals surface area contributed by atoms with Gasteiger partial charge in [-0.05, 0) is 35.9 Å². The summed E-state index contributed by atoms with van der Waals surface area (Å²) in [4.78, 5) is 15.5. The minimum Gasteiger partial charge on any atom is -0.497 e. The zero-order chi connectivity index (χ0) is 29.8. The first-order valence-corrected chi connectivity index (χ1v) is 13.6. The Balaban J connectivity index is 1.68. The lowest BCUT2D eigenvalue weighted by Crippen LogP contribution is -2.24. The van der Waals surface area contributed by atoms with Crippen LogP contribution in [0.4, 0.5) is 18.9 Å². The molecule has 0 aliphatic rings. The van der Waals surface area contributed by atoms with E-state index in [-0.39, 0.29) is 24.2 Å². The molecule has 1 amide bonds.